The summed E-state index contributed by atoms with van der Waals surface area (Å²) in [6.07, 6.45) is 1.39. The summed E-state index contributed by atoms with van der Waals surface area (Å²) in [5, 5.41) is 0. The molecule has 2 rings (SSSR count). The second kappa shape index (κ2) is 4.41. The van der Waals surface area contributed by atoms with Crippen LogP contribution in [0.25, 0.3) is 0 Å². The number of hydrogen-bond donors (Lipinski definition) is 2. The maximum absolute atomic E-state index is 13.0. The van der Waals surface area contributed by atoms with Crippen molar-refractivity contribution in [3.63, 3.8) is 0 Å². The summed E-state index contributed by atoms with van der Waals surface area (Å²) >= 11 is 0. The lowest BCUT2D eigenvalue weighted by molar-refractivity contribution is 0.122. The van der Waals surface area contributed by atoms with E-state index in [9.17, 15) is 4.39 Å². The van der Waals surface area contributed by atoms with Crippen molar-refractivity contribution >= 4 is 11.4 Å². The number of ether oxygens (including phenoxy) is 1. The molecule has 1 aromatic heterocycles. The molecule has 0 unspecified atom stereocenters. The van der Waals surface area contributed by atoms with Gasteiger partial charge in [0, 0.05) is 19.2 Å². The Morgan fingerprint density at radius 1 is 1.47 bits per heavy atom. The lowest BCUT2D eigenvalue weighted by Crippen LogP contribution is -2.37. The topological polar surface area (TPSA) is 63.4 Å². The number of hydrogen-bond acceptors (Lipinski definition) is 5. The first-order valence-electron chi connectivity index (χ1n) is 4.76. The van der Waals surface area contributed by atoms with Crippen molar-refractivity contribution in [2.45, 2.75) is 0 Å². The van der Waals surface area contributed by atoms with Crippen LogP contribution in [0.1, 0.15) is 0 Å². The number of aromatic nitrogens is 1. The quantitative estimate of drug-likeness (QED) is 0.420. The molecular formula is C9H13FN4O. The first-order valence-corrected chi connectivity index (χ1v) is 4.76. The van der Waals surface area contributed by atoms with E-state index in [4.69, 9.17) is 10.6 Å². The van der Waals surface area contributed by atoms with Gasteiger partial charge in [-0.3, -0.25) is 5.84 Å². The Morgan fingerprint density at radius 3 is 2.87 bits per heavy atom. The molecule has 82 valence electrons. The lowest BCUT2D eigenvalue weighted by atomic mass is 10.3. The molecular weight excluding hydrogens is 199 g/mol. The summed E-state index contributed by atoms with van der Waals surface area (Å²) in [6.45, 7) is 2.76. The number of rotatable bonds is 2. The molecule has 0 aliphatic carbocycles. The van der Waals surface area contributed by atoms with Gasteiger partial charge in [-0.1, -0.05) is 0 Å². The van der Waals surface area contributed by atoms with Gasteiger partial charge < -0.3 is 15.1 Å². The van der Waals surface area contributed by atoms with Gasteiger partial charge in [0.25, 0.3) is 0 Å². The van der Waals surface area contributed by atoms with Crippen LogP contribution in [-0.2, 0) is 4.74 Å². The van der Waals surface area contributed by atoms with Gasteiger partial charge in [-0.15, -0.1) is 0 Å². The van der Waals surface area contributed by atoms with Gasteiger partial charge in [0.2, 0.25) is 5.95 Å². The molecule has 0 saturated carbocycles. The van der Waals surface area contributed by atoms with E-state index >= 15 is 0 Å². The van der Waals surface area contributed by atoms with Crippen LogP contribution in [0.15, 0.2) is 12.3 Å². The average Bonchev–Trinajstić information content (AvgIpc) is 2.30. The monoisotopic (exact) mass is 212 g/mol. The first-order chi connectivity index (χ1) is 7.31. The average molecular weight is 212 g/mol. The molecule has 0 aromatic carbocycles. The van der Waals surface area contributed by atoms with Gasteiger partial charge in [0.1, 0.15) is 0 Å². The van der Waals surface area contributed by atoms with Gasteiger partial charge >= 0.3 is 0 Å². The minimum atomic E-state index is -0.504. The van der Waals surface area contributed by atoms with Crippen molar-refractivity contribution in [3.8, 4) is 0 Å². The van der Waals surface area contributed by atoms with Crippen LogP contribution in [-0.4, -0.2) is 31.3 Å². The molecule has 1 saturated heterocycles. The number of halogens is 1. The van der Waals surface area contributed by atoms with Crippen molar-refractivity contribution in [3.05, 3.63) is 18.2 Å². The van der Waals surface area contributed by atoms with Crippen molar-refractivity contribution in [1.82, 2.24) is 4.98 Å². The number of nitrogens with one attached hydrogen (secondary N) is 1. The van der Waals surface area contributed by atoms with E-state index < -0.39 is 5.95 Å². The largest absolute Gasteiger partial charge is 0.378 e. The smallest absolute Gasteiger partial charge is 0.215 e. The second-order valence-corrected chi connectivity index (χ2v) is 3.27. The fraction of sp³-hybridized carbons (Fsp3) is 0.444. The predicted octanol–water partition coefficient (Wildman–Crippen LogP) is 0.343. The van der Waals surface area contributed by atoms with Gasteiger partial charge in [0.05, 0.1) is 30.8 Å². The fourth-order valence-electron chi connectivity index (χ4n) is 1.60. The molecule has 2 heterocycles. The van der Waals surface area contributed by atoms with E-state index in [1.165, 1.54) is 12.3 Å². The molecule has 1 fully saturated rings. The molecule has 5 nitrogen and oxygen atoms in total. The number of nitrogens with zero attached hydrogens (tertiary/aromatic N) is 2. The van der Waals surface area contributed by atoms with Crippen LogP contribution in [0.2, 0.25) is 0 Å². The van der Waals surface area contributed by atoms with Crippen LogP contribution in [0.4, 0.5) is 15.8 Å². The van der Waals surface area contributed by atoms with Gasteiger partial charge in [-0.05, 0) is 0 Å². The molecule has 1 aliphatic rings. The van der Waals surface area contributed by atoms with Crippen molar-refractivity contribution in [2.24, 2.45) is 5.84 Å². The summed E-state index contributed by atoms with van der Waals surface area (Å²) in [5.74, 6) is 4.83. The number of morpholine rings is 1. The summed E-state index contributed by atoms with van der Waals surface area (Å²) in [5.41, 5.74) is 3.86. The zero-order valence-electron chi connectivity index (χ0n) is 8.24. The Morgan fingerprint density at radius 2 is 2.20 bits per heavy atom. The molecule has 6 heteroatoms. The third-order valence-electron chi connectivity index (χ3n) is 2.36. The fourth-order valence-corrected chi connectivity index (χ4v) is 1.60. The highest BCUT2D eigenvalue weighted by molar-refractivity contribution is 5.68. The molecule has 0 amide bonds. The Kier molecular flexibility index (Phi) is 2.98. The molecule has 0 bridgehead atoms. The summed E-state index contributed by atoms with van der Waals surface area (Å²) in [4.78, 5) is 5.56. The van der Waals surface area contributed by atoms with Gasteiger partial charge in [-0.2, -0.15) is 4.39 Å². The number of anilines is 2. The van der Waals surface area contributed by atoms with E-state index in [2.05, 4.69) is 10.4 Å². The standard InChI is InChI=1S/C9H13FN4O/c10-9-5-8(7(13-11)6-12-9)14-1-3-15-4-2-14/h5-6,13H,1-4,11H2. The van der Waals surface area contributed by atoms with Crippen LogP contribution >= 0.6 is 0 Å². The maximum atomic E-state index is 13.0. The van der Waals surface area contributed by atoms with Gasteiger partial charge in [0.15, 0.2) is 0 Å². The minimum Gasteiger partial charge on any atom is -0.378 e. The highest BCUT2D eigenvalue weighted by Crippen LogP contribution is 2.25. The third-order valence-corrected chi connectivity index (χ3v) is 2.36. The highest BCUT2D eigenvalue weighted by atomic mass is 19.1. The predicted molar refractivity (Wildman–Crippen MR) is 55.0 cm³/mol. The highest BCUT2D eigenvalue weighted by Gasteiger charge is 2.15. The van der Waals surface area contributed by atoms with E-state index in [1.807, 2.05) is 4.90 Å². The molecule has 15 heavy (non-hydrogen) atoms. The Labute approximate surface area is 87.0 Å². The number of nitrogen functional groups attached to an aromatic ring is 1. The normalized spacial score (nSPS) is 16.5. The maximum Gasteiger partial charge on any atom is 0.215 e. The SMILES string of the molecule is NNc1cnc(F)cc1N1CCOCC1. The van der Waals surface area contributed by atoms with Crippen molar-refractivity contribution < 1.29 is 9.13 Å². The van der Waals surface area contributed by atoms with Crippen LogP contribution in [0, 0.1) is 5.95 Å². The van der Waals surface area contributed by atoms with E-state index in [1.54, 1.807) is 0 Å². The second-order valence-electron chi connectivity index (χ2n) is 3.27. The molecule has 1 aromatic rings. The lowest BCUT2D eigenvalue weighted by Gasteiger charge is -2.30. The summed E-state index contributed by atoms with van der Waals surface area (Å²) < 4.78 is 18.2. The molecule has 0 radical (unpaired) electrons. The zero-order chi connectivity index (χ0) is 10.7. The zero-order valence-corrected chi connectivity index (χ0v) is 8.24. The minimum absolute atomic E-state index is 0.504. The molecule has 3 N–H and O–H groups in total. The van der Waals surface area contributed by atoms with E-state index in [0.717, 1.165) is 18.8 Å². The van der Waals surface area contributed by atoms with Crippen LogP contribution < -0.4 is 16.2 Å². The Balaban J connectivity index is 2.27. The van der Waals surface area contributed by atoms with Crippen molar-refractivity contribution in [2.75, 3.05) is 36.6 Å². The summed E-state index contributed by atoms with van der Waals surface area (Å²) in [7, 11) is 0. The van der Waals surface area contributed by atoms with E-state index in [-0.39, 0.29) is 0 Å². The van der Waals surface area contributed by atoms with E-state index in [0.29, 0.717) is 18.9 Å². The molecule has 0 spiro atoms. The number of hydrazine groups is 1. The Bertz CT molecular complexity index is 341. The molecule has 0 atom stereocenters. The van der Waals surface area contributed by atoms with Gasteiger partial charge in [-0.25, -0.2) is 4.98 Å². The van der Waals surface area contributed by atoms with Crippen molar-refractivity contribution in [1.29, 1.82) is 0 Å². The Hall–Kier alpha value is -1.40. The summed E-state index contributed by atoms with van der Waals surface area (Å²) in [6, 6.07) is 1.38. The molecule has 1 aliphatic heterocycles. The number of nitrogens with two attached hydrogens (primary N) is 1. The first kappa shape index (κ1) is 10.1. The van der Waals surface area contributed by atoms with Crippen LogP contribution in [0.5, 0.6) is 0 Å². The third kappa shape index (κ3) is 2.16. The number of pyridine rings is 1. The van der Waals surface area contributed by atoms with Crippen LogP contribution in [0.3, 0.4) is 0 Å².